The number of rotatable bonds is 4. The van der Waals surface area contributed by atoms with Gasteiger partial charge in [-0.15, -0.1) is 0 Å². The van der Waals surface area contributed by atoms with Crippen molar-refractivity contribution in [3.63, 3.8) is 0 Å². The van der Waals surface area contributed by atoms with E-state index in [1.165, 1.54) is 0 Å². The minimum atomic E-state index is -0.758. The van der Waals surface area contributed by atoms with Crippen molar-refractivity contribution in [3.8, 4) is 0 Å². The van der Waals surface area contributed by atoms with Crippen LogP contribution in [0, 0.1) is 0 Å². The van der Waals surface area contributed by atoms with E-state index in [4.69, 9.17) is 0 Å². The van der Waals surface area contributed by atoms with Crippen LogP contribution in [-0.2, 0) is 9.59 Å². The normalized spacial score (nSPS) is 13.7. The smallest absolute Gasteiger partial charge is 0.313 e. The Balaban J connectivity index is 2.06. The van der Waals surface area contributed by atoms with E-state index >= 15 is 0 Å². The highest BCUT2D eigenvalue weighted by Crippen LogP contribution is 2.19. The number of hydrogen-bond acceptors (Lipinski definition) is 3. The van der Waals surface area contributed by atoms with E-state index in [-0.39, 0.29) is 18.0 Å². The SMILES string of the molecule is CC(C)NC(=O)c1ccccc1NC(=O)C(=O)NC1CC1. The van der Waals surface area contributed by atoms with Crippen LogP contribution in [0.4, 0.5) is 5.69 Å². The first kappa shape index (κ1) is 15.0. The molecule has 0 saturated heterocycles. The molecule has 0 bridgehead atoms. The van der Waals surface area contributed by atoms with Crippen LogP contribution in [0.2, 0.25) is 0 Å². The Hall–Kier alpha value is -2.37. The van der Waals surface area contributed by atoms with Crippen LogP contribution in [0.1, 0.15) is 37.0 Å². The summed E-state index contributed by atoms with van der Waals surface area (Å²) in [5.74, 6) is -1.72. The van der Waals surface area contributed by atoms with E-state index in [1.54, 1.807) is 24.3 Å². The molecule has 1 aromatic carbocycles. The monoisotopic (exact) mass is 289 g/mol. The van der Waals surface area contributed by atoms with Crippen LogP contribution in [0.5, 0.6) is 0 Å². The quantitative estimate of drug-likeness (QED) is 0.724. The van der Waals surface area contributed by atoms with E-state index in [2.05, 4.69) is 16.0 Å². The van der Waals surface area contributed by atoms with Gasteiger partial charge >= 0.3 is 11.8 Å². The van der Waals surface area contributed by atoms with Gasteiger partial charge in [0.1, 0.15) is 0 Å². The zero-order valence-electron chi connectivity index (χ0n) is 12.1. The van der Waals surface area contributed by atoms with Gasteiger partial charge in [0.2, 0.25) is 0 Å². The number of para-hydroxylation sites is 1. The molecule has 0 spiro atoms. The first-order valence-corrected chi connectivity index (χ1v) is 6.99. The summed E-state index contributed by atoms with van der Waals surface area (Å²) in [4.78, 5) is 35.5. The van der Waals surface area contributed by atoms with Gasteiger partial charge < -0.3 is 16.0 Å². The summed E-state index contributed by atoms with van der Waals surface area (Å²) in [7, 11) is 0. The second kappa shape index (κ2) is 6.39. The van der Waals surface area contributed by atoms with E-state index in [0.29, 0.717) is 11.3 Å². The lowest BCUT2D eigenvalue weighted by atomic mass is 10.1. The minimum Gasteiger partial charge on any atom is -0.350 e. The van der Waals surface area contributed by atoms with Crippen LogP contribution >= 0.6 is 0 Å². The lowest BCUT2D eigenvalue weighted by molar-refractivity contribution is -0.136. The van der Waals surface area contributed by atoms with Crippen molar-refractivity contribution in [1.29, 1.82) is 0 Å². The van der Waals surface area contributed by atoms with Crippen molar-refractivity contribution in [2.45, 2.75) is 38.8 Å². The summed E-state index contributed by atoms with van der Waals surface area (Å²) < 4.78 is 0. The second-order valence-corrected chi connectivity index (χ2v) is 5.38. The second-order valence-electron chi connectivity index (χ2n) is 5.38. The summed E-state index contributed by atoms with van der Waals surface area (Å²) in [6.45, 7) is 3.70. The first-order chi connectivity index (χ1) is 9.97. The van der Waals surface area contributed by atoms with Crippen molar-refractivity contribution < 1.29 is 14.4 Å². The van der Waals surface area contributed by atoms with E-state index in [0.717, 1.165) is 12.8 Å². The Bertz CT molecular complexity index is 565. The highest BCUT2D eigenvalue weighted by atomic mass is 16.2. The highest BCUT2D eigenvalue weighted by Gasteiger charge is 2.26. The zero-order valence-corrected chi connectivity index (χ0v) is 12.1. The fourth-order valence-electron chi connectivity index (χ4n) is 1.79. The maximum absolute atomic E-state index is 12.1. The van der Waals surface area contributed by atoms with Crippen molar-refractivity contribution in [1.82, 2.24) is 10.6 Å². The van der Waals surface area contributed by atoms with Crippen molar-refractivity contribution in [3.05, 3.63) is 29.8 Å². The van der Waals surface area contributed by atoms with Crippen molar-refractivity contribution in [2.24, 2.45) is 0 Å². The minimum absolute atomic E-state index is 0.0144. The third-order valence-corrected chi connectivity index (χ3v) is 2.96. The maximum atomic E-state index is 12.1. The summed E-state index contributed by atoms with van der Waals surface area (Å²) in [5, 5.41) is 7.84. The molecule has 6 heteroatoms. The molecule has 1 fully saturated rings. The average molecular weight is 289 g/mol. The molecule has 0 unspecified atom stereocenters. The molecule has 1 saturated carbocycles. The molecule has 0 aromatic heterocycles. The molecule has 1 aliphatic rings. The topological polar surface area (TPSA) is 87.3 Å². The standard InChI is InChI=1S/C15H19N3O3/c1-9(2)16-13(19)11-5-3-4-6-12(11)18-15(21)14(20)17-10-7-8-10/h3-6,9-10H,7-8H2,1-2H3,(H,16,19)(H,17,20)(H,18,21). The Labute approximate surface area is 123 Å². The third-order valence-electron chi connectivity index (χ3n) is 2.96. The molecule has 0 heterocycles. The third kappa shape index (κ3) is 4.30. The van der Waals surface area contributed by atoms with Crippen LogP contribution in [0.15, 0.2) is 24.3 Å². The number of nitrogens with one attached hydrogen (secondary N) is 3. The molecule has 1 aromatic rings. The molecule has 3 N–H and O–H groups in total. The molecule has 112 valence electrons. The Morgan fingerprint density at radius 2 is 1.76 bits per heavy atom. The molecule has 3 amide bonds. The van der Waals surface area contributed by atoms with Gasteiger partial charge in [0.05, 0.1) is 11.3 Å². The number of anilines is 1. The molecular weight excluding hydrogens is 270 g/mol. The van der Waals surface area contributed by atoms with Crippen molar-refractivity contribution in [2.75, 3.05) is 5.32 Å². The van der Waals surface area contributed by atoms with Gasteiger partial charge in [0.25, 0.3) is 5.91 Å². The van der Waals surface area contributed by atoms with E-state index in [9.17, 15) is 14.4 Å². The lowest BCUT2D eigenvalue weighted by Crippen LogP contribution is -2.37. The van der Waals surface area contributed by atoms with Gasteiger partial charge in [-0.3, -0.25) is 14.4 Å². The number of carbonyl (C=O) groups is 3. The fraction of sp³-hybridized carbons (Fsp3) is 0.400. The molecule has 2 rings (SSSR count). The zero-order chi connectivity index (χ0) is 15.4. The predicted molar refractivity (Wildman–Crippen MR) is 78.8 cm³/mol. The number of benzene rings is 1. The molecule has 1 aliphatic carbocycles. The molecule has 6 nitrogen and oxygen atoms in total. The van der Waals surface area contributed by atoms with Gasteiger partial charge in [-0.25, -0.2) is 0 Å². The lowest BCUT2D eigenvalue weighted by Gasteiger charge is -2.13. The molecule has 0 atom stereocenters. The molecule has 0 radical (unpaired) electrons. The predicted octanol–water partition coefficient (Wildman–Crippen LogP) is 1.04. The number of amides is 3. The van der Waals surface area contributed by atoms with Crippen LogP contribution in [-0.4, -0.2) is 29.8 Å². The molecule has 0 aliphatic heterocycles. The van der Waals surface area contributed by atoms with Crippen LogP contribution in [0.25, 0.3) is 0 Å². The van der Waals surface area contributed by atoms with E-state index in [1.807, 2.05) is 13.8 Å². The summed E-state index contributed by atoms with van der Waals surface area (Å²) in [6, 6.07) is 6.70. The summed E-state index contributed by atoms with van der Waals surface area (Å²) in [6.07, 6.45) is 1.82. The Kier molecular flexibility index (Phi) is 4.57. The first-order valence-electron chi connectivity index (χ1n) is 6.99. The summed E-state index contributed by atoms with van der Waals surface area (Å²) >= 11 is 0. The highest BCUT2D eigenvalue weighted by molar-refractivity contribution is 6.40. The van der Waals surface area contributed by atoms with Crippen LogP contribution < -0.4 is 16.0 Å². The largest absolute Gasteiger partial charge is 0.350 e. The molecule has 21 heavy (non-hydrogen) atoms. The average Bonchev–Trinajstić information content (AvgIpc) is 3.22. The van der Waals surface area contributed by atoms with Gasteiger partial charge in [0.15, 0.2) is 0 Å². The summed E-state index contributed by atoms with van der Waals surface area (Å²) in [5.41, 5.74) is 0.658. The van der Waals surface area contributed by atoms with Crippen LogP contribution in [0.3, 0.4) is 0 Å². The van der Waals surface area contributed by atoms with Gasteiger partial charge in [-0.05, 0) is 38.8 Å². The van der Waals surface area contributed by atoms with Gasteiger partial charge in [0, 0.05) is 12.1 Å². The number of hydrogen-bond donors (Lipinski definition) is 3. The molecular formula is C15H19N3O3. The maximum Gasteiger partial charge on any atom is 0.313 e. The van der Waals surface area contributed by atoms with Gasteiger partial charge in [-0.2, -0.15) is 0 Å². The van der Waals surface area contributed by atoms with Gasteiger partial charge in [-0.1, -0.05) is 12.1 Å². The Morgan fingerprint density at radius 3 is 2.38 bits per heavy atom. The number of carbonyl (C=O) groups excluding carboxylic acids is 3. The van der Waals surface area contributed by atoms with Crippen molar-refractivity contribution >= 4 is 23.4 Å². The van der Waals surface area contributed by atoms with E-state index < -0.39 is 11.8 Å². The Morgan fingerprint density at radius 1 is 1.10 bits per heavy atom. The fourth-order valence-corrected chi connectivity index (χ4v) is 1.79.